The number of nitriles is 1. The molecular weight excluding hydrogens is 431 g/mol. The third-order valence-corrected chi connectivity index (χ3v) is 6.79. The van der Waals surface area contributed by atoms with Crippen LogP contribution in [0.15, 0.2) is 89.9 Å². The Balaban J connectivity index is 1.79. The number of benzene rings is 2. The fourth-order valence-electron chi connectivity index (χ4n) is 5.51. The van der Waals surface area contributed by atoms with Crippen molar-refractivity contribution in [3.05, 3.63) is 101 Å². The molecule has 6 rings (SSSR count). The number of anilines is 2. The summed E-state index contributed by atoms with van der Waals surface area (Å²) in [5, 5.41) is 13.5. The number of ketones is 1. The molecule has 1 atom stereocenters. The van der Waals surface area contributed by atoms with E-state index < -0.39 is 17.1 Å². The minimum Gasteiger partial charge on any atom is -0.324 e. The van der Waals surface area contributed by atoms with E-state index in [2.05, 4.69) is 11.4 Å². The first kappa shape index (κ1) is 20.2. The highest BCUT2D eigenvalue weighted by Gasteiger charge is 2.60. The van der Waals surface area contributed by atoms with Gasteiger partial charge < -0.3 is 9.88 Å². The van der Waals surface area contributed by atoms with Gasteiger partial charge in [0.2, 0.25) is 5.91 Å². The third-order valence-electron chi connectivity index (χ3n) is 6.79. The summed E-state index contributed by atoms with van der Waals surface area (Å²) < 4.78 is 16.1. The van der Waals surface area contributed by atoms with E-state index in [-0.39, 0.29) is 17.8 Å². The minimum atomic E-state index is -1.57. The normalized spacial score (nSPS) is 21.5. The predicted octanol–water partition coefficient (Wildman–Crippen LogP) is 4.74. The first-order chi connectivity index (χ1) is 16.6. The Morgan fingerprint density at radius 2 is 1.79 bits per heavy atom. The van der Waals surface area contributed by atoms with Gasteiger partial charge in [-0.2, -0.15) is 5.26 Å². The lowest BCUT2D eigenvalue weighted by Gasteiger charge is -2.44. The maximum atomic E-state index is 14.4. The first-order valence-corrected chi connectivity index (χ1v) is 11.1. The Labute approximate surface area is 195 Å². The molecule has 1 aliphatic carbocycles. The molecule has 0 unspecified atom stereocenters. The van der Waals surface area contributed by atoms with Gasteiger partial charge in [-0.3, -0.25) is 14.5 Å². The minimum absolute atomic E-state index is 0.129. The second-order valence-corrected chi connectivity index (χ2v) is 8.56. The van der Waals surface area contributed by atoms with E-state index in [1.165, 1.54) is 12.1 Å². The molecule has 1 spiro atoms. The Bertz CT molecular complexity index is 1480. The van der Waals surface area contributed by atoms with Gasteiger partial charge in [-0.1, -0.05) is 24.3 Å². The maximum Gasteiger partial charge on any atom is 0.245 e. The molecule has 3 heterocycles. The zero-order valence-corrected chi connectivity index (χ0v) is 18.1. The second kappa shape index (κ2) is 7.29. The van der Waals surface area contributed by atoms with Gasteiger partial charge in [-0.05, 0) is 49.2 Å². The number of nitrogens with zero attached hydrogens (tertiary/aromatic N) is 3. The van der Waals surface area contributed by atoms with Crippen LogP contribution in [-0.2, 0) is 15.0 Å². The summed E-state index contributed by atoms with van der Waals surface area (Å²) in [5.74, 6) is -0.611. The highest BCUT2D eigenvalue weighted by molar-refractivity contribution is 6.21. The number of nitrogens with one attached hydrogen (secondary N) is 1. The van der Waals surface area contributed by atoms with Crippen LogP contribution in [0.5, 0.6) is 0 Å². The van der Waals surface area contributed by atoms with Gasteiger partial charge in [0.1, 0.15) is 23.1 Å². The van der Waals surface area contributed by atoms with Crippen LogP contribution in [0, 0.1) is 17.1 Å². The molecule has 1 amide bonds. The number of Topliss-reactive ketones (excluding diaryl/α,β-unsaturated/α-hetero) is 1. The summed E-state index contributed by atoms with van der Waals surface area (Å²) in [6, 6.07) is 19.2. The van der Waals surface area contributed by atoms with Gasteiger partial charge in [0, 0.05) is 41.3 Å². The van der Waals surface area contributed by atoms with Gasteiger partial charge in [0.25, 0.3) is 0 Å². The molecule has 6 nitrogen and oxygen atoms in total. The summed E-state index contributed by atoms with van der Waals surface area (Å²) in [5.41, 5.74) is 1.14. The average molecular weight is 450 g/mol. The molecule has 0 bridgehead atoms. The van der Waals surface area contributed by atoms with Crippen molar-refractivity contribution in [3.63, 3.8) is 0 Å². The molecule has 3 aromatic rings. The summed E-state index contributed by atoms with van der Waals surface area (Å²) in [4.78, 5) is 29.2. The van der Waals surface area contributed by atoms with E-state index >= 15 is 0 Å². The summed E-state index contributed by atoms with van der Waals surface area (Å²) in [6.45, 7) is 0. The lowest BCUT2D eigenvalue weighted by Crippen LogP contribution is -2.49. The summed E-state index contributed by atoms with van der Waals surface area (Å²) in [6.07, 6.45) is 4.95. The smallest absolute Gasteiger partial charge is 0.245 e. The van der Waals surface area contributed by atoms with Crippen molar-refractivity contribution in [2.45, 2.75) is 24.7 Å². The van der Waals surface area contributed by atoms with Crippen molar-refractivity contribution < 1.29 is 14.0 Å². The van der Waals surface area contributed by atoms with Crippen LogP contribution in [0.2, 0.25) is 0 Å². The van der Waals surface area contributed by atoms with Crippen molar-refractivity contribution in [1.82, 2.24) is 4.57 Å². The highest BCUT2D eigenvalue weighted by atomic mass is 19.1. The average Bonchev–Trinajstić information content (AvgIpc) is 3.46. The number of aromatic nitrogens is 1. The van der Waals surface area contributed by atoms with Crippen LogP contribution >= 0.6 is 0 Å². The number of hydrogen-bond donors (Lipinski definition) is 1. The topological polar surface area (TPSA) is 78.1 Å². The number of hydrogen-bond acceptors (Lipinski definition) is 4. The molecule has 2 aliphatic heterocycles. The number of allylic oxidation sites excluding steroid dienone is 1. The Kier molecular flexibility index (Phi) is 4.33. The summed E-state index contributed by atoms with van der Waals surface area (Å²) >= 11 is 0. The number of carbonyl (C=O) groups excluding carboxylic acids is 2. The van der Waals surface area contributed by atoms with Crippen LogP contribution in [0.25, 0.3) is 5.82 Å². The van der Waals surface area contributed by atoms with Crippen molar-refractivity contribution in [2.24, 2.45) is 0 Å². The van der Waals surface area contributed by atoms with E-state index in [0.29, 0.717) is 46.9 Å². The number of carbonyl (C=O) groups is 2. The fourth-order valence-corrected chi connectivity index (χ4v) is 5.51. The first-order valence-electron chi connectivity index (χ1n) is 11.1. The van der Waals surface area contributed by atoms with Crippen molar-refractivity contribution in [2.75, 3.05) is 10.2 Å². The van der Waals surface area contributed by atoms with E-state index in [1.54, 1.807) is 58.3 Å². The monoisotopic (exact) mass is 450 g/mol. The van der Waals surface area contributed by atoms with Gasteiger partial charge in [0.05, 0.1) is 11.3 Å². The van der Waals surface area contributed by atoms with Crippen molar-refractivity contribution >= 4 is 28.9 Å². The Morgan fingerprint density at radius 3 is 2.56 bits per heavy atom. The number of rotatable bonds is 2. The molecule has 3 aliphatic rings. The summed E-state index contributed by atoms with van der Waals surface area (Å²) in [7, 11) is 0. The number of para-hydroxylation sites is 1. The molecule has 0 fully saturated rings. The van der Waals surface area contributed by atoms with E-state index in [1.807, 2.05) is 12.1 Å². The third kappa shape index (κ3) is 2.54. The van der Waals surface area contributed by atoms with Gasteiger partial charge in [-0.15, -0.1) is 0 Å². The molecule has 7 heteroatoms. The molecule has 34 heavy (non-hydrogen) atoms. The van der Waals surface area contributed by atoms with E-state index in [4.69, 9.17) is 0 Å². The molecule has 0 saturated carbocycles. The van der Waals surface area contributed by atoms with Crippen molar-refractivity contribution in [1.29, 1.82) is 5.26 Å². The van der Waals surface area contributed by atoms with Gasteiger partial charge in [-0.25, -0.2) is 4.39 Å². The number of halogens is 1. The zero-order chi connectivity index (χ0) is 23.4. The van der Waals surface area contributed by atoms with Crippen LogP contribution < -0.4 is 10.2 Å². The molecule has 166 valence electrons. The molecule has 1 aromatic heterocycles. The molecule has 0 saturated heterocycles. The van der Waals surface area contributed by atoms with E-state index in [9.17, 15) is 19.2 Å². The second-order valence-electron chi connectivity index (χ2n) is 8.56. The SMILES string of the molecule is N#CC1=C(n2cccc2)N(c2cccc(F)c2)C2=C(C(=O)CCC2)[C@@]12C(=O)Nc1ccccc12. The van der Waals surface area contributed by atoms with Crippen LogP contribution in [0.3, 0.4) is 0 Å². The quantitative estimate of drug-likeness (QED) is 0.612. The number of fused-ring (bicyclic) bond motifs is 3. The number of amides is 1. The molecule has 0 radical (unpaired) electrons. The Hall–Kier alpha value is -4.44. The zero-order valence-electron chi connectivity index (χ0n) is 18.1. The molecule has 1 N–H and O–H groups in total. The van der Waals surface area contributed by atoms with Gasteiger partial charge in [0.15, 0.2) is 5.78 Å². The molecular formula is C27H19FN4O2. The van der Waals surface area contributed by atoms with Gasteiger partial charge >= 0.3 is 0 Å². The Morgan fingerprint density at radius 1 is 1.00 bits per heavy atom. The predicted molar refractivity (Wildman–Crippen MR) is 125 cm³/mol. The van der Waals surface area contributed by atoms with Crippen molar-refractivity contribution in [3.8, 4) is 6.07 Å². The lowest BCUT2D eigenvalue weighted by molar-refractivity contribution is -0.122. The van der Waals surface area contributed by atoms with E-state index in [0.717, 1.165) is 0 Å². The van der Waals surface area contributed by atoms with Crippen LogP contribution in [-0.4, -0.2) is 16.3 Å². The van der Waals surface area contributed by atoms with Crippen LogP contribution in [0.1, 0.15) is 24.8 Å². The highest BCUT2D eigenvalue weighted by Crippen LogP contribution is 2.56. The molecule has 2 aromatic carbocycles. The standard InChI is InChI=1S/C27H19FN4O2/c28-17-7-5-8-18(15-17)32-22-11-6-12-23(33)24(22)27(19-9-1-2-10-21(19)30-26(27)34)20(16-29)25(32)31-13-3-4-14-31/h1-5,7-10,13-15H,6,11-12H2,(H,30,34)/t27-/m0/s1. The maximum absolute atomic E-state index is 14.4. The largest absolute Gasteiger partial charge is 0.324 e. The fraction of sp³-hybridized carbons (Fsp3) is 0.148. The lowest BCUT2D eigenvalue weighted by atomic mass is 9.63. The van der Waals surface area contributed by atoms with Crippen LogP contribution in [0.4, 0.5) is 15.8 Å².